The van der Waals surface area contributed by atoms with Gasteiger partial charge >= 0.3 is 18.3 Å². The Balaban J connectivity index is 2.64. The van der Waals surface area contributed by atoms with Gasteiger partial charge < -0.3 is 0 Å². The fourth-order valence-electron chi connectivity index (χ4n) is 1.52. The Morgan fingerprint density at radius 3 is 3.23 bits per heavy atom. The molecule has 0 spiro atoms. The van der Waals surface area contributed by atoms with E-state index in [2.05, 4.69) is 15.1 Å². The van der Waals surface area contributed by atoms with Crippen LogP contribution in [0.2, 0.25) is 0 Å². The van der Waals surface area contributed by atoms with Crippen molar-refractivity contribution < 1.29 is 9.50 Å². The van der Waals surface area contributed by atoms with E-state index in [0.29, 0.717) is 0 Å². The van der Waals surface area contributed by atoms with E-state index >= 15 is 0 Å². The number of H-pyrrole nitrogens is 2. The molecule has 4 nitrogen and oxygen atoms in total. The molecule has 0 aliphatic carbocycles. The van der Waals surface area contributed by atoms with E-state index in [1.807, 2.05) is 35.1 Å². The first-order chi connectivity index (χ1) is 6.45. The van der Waals surface area contributed by atoms with Crippen molar-refractivity contribution >= 4 is 16.6 Å². The standard InChI is InChI=1S/C9H6N4/c1-2-4-8-7(3-1)9-11-5-10-6-13(9)12-8/h1-6H/p+2. The summed E-state index contributed by atoms with van der Waals surface area (Å²) in [6.07, 6.45) is 3.51. The molecule has 0 atom stereocenters. The molecular weight excluding hydrogens is 164 g/mol. The summed E-state index contributed by atoms with van der Waals surface area (Å²) in [6, 6.07) is 8.09. The minimum absolute atomic E-state index is 0.939. The fraction of sp³-hybridized carbons (Fsp3) is 0. The number of hydrogen-bond donors (Lipinski definition) is 1. The van der Waals surface area contributed by atoms with Crippen molar-refractivity contribution in [1.29, 1.82) is 0 Å². The van der Waals surface area contributed by atoms with Gasteiger partial charge in [-0.15, -0.1) is 0 Å². The van der Waals surface area contributed by atoms with Crippen LogP contribution in [0.25, 0.3) is 16.6 Å². The van der Waals surface area contributed by atoms with Crippen LogP contribution in [0.3, 0.4) is 0 Å². The number of nitrogens with zero attached hydrogens (tertiary/aromatic N) is 2. The molecular formula is C9H8N4+2. The molecule has 0 fully saturated rings. The number of aromatic nitrogens is 4. The monoisotopic (exact) mass is 172 g/mol. The molecule has 0 unspecified atom stereocenters. The first kappa shape index (κ1) is 6.54. The van der Waals surface area contributed by atoms with Gasteiger partial charge in [-0.2, -0.15) is 10.1 Å². The van der Waals surface area contributed by atoms with Gasteiger partial charge in [0.2, 0.25) is 0 Å². The Labute approximate surface area is 73.9 Å². The first-order valence-corrected chi connectivity index (χ1v) is 4.09. The summed E-state index contributed by atoms with van der Waals surface area (Å²) in [7, 11) is 0. The fourth-order valence-corrected chi connectivity index (χ4v) is 1.52. The second kappa shape index (κ2) is 2.26. The van der Waals surface area contributed by atoms with Crippen LogP contribution >= 0.6 is 0 Å². The average molecular weight is 172 g/mol. The summed E-state index contributed by atoms with van der Waals surface area (Å²) in [6.45, 7) is 0. The summed E-state index contributed by atoms with van der Waals surface area (Å²) in [5.74, 6) is 0. The van der Waals surface area contributed by atoms with Crippen molar-refractivity contribution in [3.8, 4) is 0 Å². The number of fused-ring (bicyclic) bond motifs is 3. The highest BCUT2D eigenvalue weighted by Gasteiger charge is 2.15. The lowest BCUT2D eigenvalue weighted by Gasteiger charge is -1.78. The van der Waals surface area contributed by atoms with E-state index in [-0.39, 0.29) is 0 Å². The minimum Gasteiger partial charge on any atom is -0.196 e. The zero-order chi connectivity index (χ0) is 8.67. The highest BCUT2D eigenvalue weighted by atomic mass is 15.3. The van der Waals surface area contributed by atoms with Crippen molar-refractivity contribution in [3.05, 3.63) is 36.9 Å². The van der Waals surface area contributed by atoms with Gasteiger partial charge in [-0.1, -0.05) is 12.1 Å². The van der Waals surface area contributed by atoms with E-state index in [9.17, 15) is 0 Å². The number of rotatable bonds is 0. The van der Waals surface area contributed by atoms with Gasteiger partial charge in [0.25, 0.3) is 0 Å². The summed E-state index contributed by atoms with van der Waals surface area (Å²) < 4.78 is 1.87. The first-order valence-electron chi connectivity index (χ1n) is 4.09. The predicted molar refractivity (Wildman–Crippen MR) is 45.8 cm³/mol. The van der Waals surface area contributed by atoms with E-state index in [0.717, 1.165) is 16.6 Å². The second-order valence-corrected chi connectivity index (χ2v) is 2.90. The minimum atomic E-state index is 0.939. The summed E-state index contributed by atoms with van der Waals surface area (Å²) in [5.41, 5.74) is 2.03. The van der Waals surface area contributed by atoms with Crippen LogP contribution in [-0.4, -0.2) is 10.1 Å². The van der Waals surface area contributed by atoms with Crippen molar-refractivity contribution in [1.82, 2.24) is 10.1 Å². The Morgan fingerprint density at radius 1 is 1.31 bits per heavy atom. The van der Waals surface area contributed by atoms with E-state index < -0.39 is 0 Å². The van der Waals surface area contributed by atoms with Gasteiger partial charge in [0.1, 0.15) is 5.39 Å². The van der Waals surface area contributed by atoms with Gasteiger partial charge in [0.05, 0.1) is 10.5 Å². The Hall–Kier alpha value is -1.97. The molecule has 1 aromatic carbocycles. The van der Waals surface area contributed by atoms with E-state index in [1.165, 1.54) is 0 Å². The topological polar surface area (TPSA) is 46.9 Å². The SMILES string of the molecule is c1ccc2c(c1)[nH][n+]1c[nH+]cnc21. The van der Waals surface area contributed by atoms with Crippen molar-refractivity contribution in [2.24, 2.45) is 0 Å². The van der Waals surface area contributed by atoms with Crippen molar-refractivity contribution in [2.45, 2.75) is 0 Å². The molecule has 3 aromatic rings. The lowest BCUT2D eigenvalue weighted by atomic mass is 10.2. The van der Waals surface area contributed by atoms with Gasteiger partial charge in [0, 0.05) is 0 Å². The quantitative estimate of drug-likeness (QED) is 0.481. The van der Waals surface area contributed by atoms with Crippen LogP contribution in [0.4, 0.5) is 0 Å². The third-order valence-electron chi connectivity index (χ3n) is 2.10. The number of benzene rings is 1. The molecule has 62 valence electrons. The van der Waals surface area contributed by atoms with Crippen LogP contribution in [-0.2, 0) is 0 Å². The third-order valence-corrected chi connectivity index (χ3v) is 2.10. The Kier molecular flexibility index (Phi) is 1.14. The smallest absolute Gasteiger partial charge is 0.196 e. The van der Waals surface area contributed by atoms with Crippen LogP contribution < -0.4 is 9.50 Å². The zero-order valence-corrected chi connectivity index (χ0v) is 6.86. The van der Waals surface area contributed by atoms with E-state index in [1.54, 1.807) is 6.33 Å². The molecule has 0 aliphatic rings. The molecule has 0 saturated carbocycles. The molecule has 0 aliphatic heterocycles. The van der Waals surface area contributed by atoms with Gasteiger partial charge in [0.15, 0.2) is 0 Å². The maximum Gasteiger partial charge on any atom is 0.428 e. The number of nitrogens with one attached hydrogen (secondary N) is 2. The molecule has 4 heteroatoms. The second-order valence-electron chi connectivity index (χ2n) is 2.90. The number of para-hydroxylation sites is 1. The highest BCUT2D eigenvalue weighted by molar-refractivity contribution is 5.88. The van der Waals surface area contributed by atoms with Crippen LogP contribution in [0.1, 0.15) is 0 Å². The molecule has 0 amide bonds. The lowest BCUT2D eigenvalue weighted by Crippen LogP contribution is -2.29. The van der Waals surface area contributed by atoms with Gasteiger partial charge in [-0.05, 0) is 16.6 Å². The molecule has 13 heavy (non-hydrogen) atoms. The maximum absolute atomic E-state index is 4.25. The molecule has 0 saturated heterocycles. The molecule has 2 N–H and O–H groups in total. The summed E-state index contributed by atoms with van der Waals surface area (Å²) in [4.78, 5) is 7.16. The van der Waals surface area contributed by atoms with Crippen molar-refractivity contribution in [2.75, 3.05) is 0 Å². The van der Waals surface area contributed by atoms with Crippen LogP contribution in [0.5, 0.6) is 0 Å². The average Bonchev–Trinajstić information content (AvgIpc) is 2.56. The van der Waals surface area contributed by atoms with Crippen LogP contribution in [0, 0.1) is 0 Å². The highest BCUT2D eigenvalue weighted by Crippen LogP contribution is 2.11. The molecule has 2 heterocycles. The van der Waals surface area contributed by atoms with Crippen LogP contribution in [0.15, 0.2) is 36.9 Å². The summed E-state index contributed by atoms with van der Waals surface area (Å²) in [5, 5.41) is 4.34. The largest absolute Gasteiger partial charge is 0.428 e. The third kappa shape index (κ3) is 0.823. The Morgan fingerprint density at radius 2 is 2.23 bits per heavy atom. The van der Waals surface area contributed by atoms with Gasteiger partial charge in [-0.25, -0.2) is 0 Å². The maximum atomic E-state index is 4.25. The molecule has 0 bridgehead atoms. The summed E-state index contributed by atoms with van der Waals surface area (Å²) >= 11 is 0. The predicted octanol–water partition coefficient (Wildman–Crippen LogP) is 0.116. The van der Waals surface area contributed by atoms with Crippen molar-refractivity contribution in [3.63, 3.8) is 0 Å². The molecule has 2 aromatic heterocycles. The normalized spacial score (nSPS) is 11.1. The van der Waals surface area contributed by atoms with Gasteiger partial charge in [-0.3, -0.25) is 0 Å². The zero-order valence-electron chi connectivity index (χ0n) is 6.86. The molecule has 3 rings (SSSR count). The molecule has 0 radical (unpaired) electrons. The Bertz CT molecular complexity index is 519. The van der Waals surface area contributed by atoms with E-state index in [4.69, 9.17) is 0 Å². The number of aromatic amines is 2. The number of hydrogen-bond acceptors (Lipinski definition) is 1. The lowest BCUT2D eigenvalue weighted by molar-refractivity contribution is -0.653.